The van der Waals surface area contributed by atoms with Crippen molar-refractivity contribution in [1.29, 1.82) is 0 Å². The highest BCUT2D eigenvalue weighted by atomic mass is 16.5. The number of nitrogens with one attached hydrogen (secondary N) is 1. The Labute approximate surface area is 187 Å². The van der Waals surface area contributed by atoms with Gasteiger partial charge < -0.3 is 10.1 Å². The minimum atomic E-state index is 0.190. The van der Waals surface area contributed by atoms with E-state index in [-0.39, 0.29) is 11.1 Å². The van der Waals surface area contributed by atoms with Gasteiger partial charge in [0.05, 0.1) is 11.7 Å². The molecular weight excluding hydrogens is 382 g/mol. The van der Waals surface area contributed by atoms with E-state index in [1.54, 1.807) is 0 Å². The molecule has 6 aliphatic carbocycles. The minimum Gasteiger partial charge on any atom is -0.369 e. The smallest absolute Gasteiger partial charge is 0.155 e. The standard InChI is InChI=1S/C28H39NO2/c1-16-10-23-25(3,29-14-16)22-13-27-15-26(27)12-21-19(20(26)7-9-28(22,27)31-23)5-4-17-11-18(30)6-8-24(17,21)2/h11,16,19-23,29H,4-10,12-15H2,1-3H3/t16-,19-,20-,21-,22+,23+,24-,25+,26?,27?,28+/m0/s1. The van der Waals surface area contributed by atoms with Crippen LogP contribution in [0.3, 0.4) is 0 Å². The largest absolute Gasteiger partial charge is 0.369 e. The molecule has 5 saturated carbocycles. The van der Waals surface area contributed by atoms with E-state index in [0.29, 0.717) is 28.1 Å². The summed E-state index contributed by atoms with van der Waals surface area (Å²) in [5.41, 5.74) is 3.30. The fraction of sp³-hybridized carbons (Fsp3) is 0.893. The van der Waals surface area contributed by atoms with Gasteiger partial charge >= 0.3 is 0 Å². The Morgan fingerprint density at radius 2 is 1.97 bits per heavy atom. The van der Waals surface area contributed by atoms with Crippen LogP contribution < -0.4 is 5.32 Å². The summed E-state index contributed by atoms with van der Waals surface area (Å²) in [4.78, 5) is 12.2. The molecule has 3 heteroatoms. The first-order chi connectivity index (χ1) is 14.8. The summed E-state index contributed by atoms with van der Waals surface area (Å²) in [6.07, 6.45) is 15.2. The molecule has 0 amide bonds. The van der Waals surface area contributed by atoms with Crippen LogP contribution in [0.4, 0.5) is 0 Å². The van der Waals surface area contributed by atoms with E-state index in [1.807, 2.05) is 0 Å². The second-order valence-electron chi connectivity index (χ2n) is 13.9. The van der Waals surface area contributed by atoms with Gasteiger partial charge in [-0.25, -0.2) is 0 Å². The molecular formula is C28H39NO2. The molecule has 1 N–H and O–H groups in total. The lowest BCUT2D eigenvalue weighted by molar-refractivity contribution is -0.211. The Hall–Kier alpha value is -0.670. The van der Waals surface area contributed by atoms with Crippen LogP contribution in [-0.4, -0.2) is 29.6 Å². The number of carbonyl (C=O) groups is 1. The SMILES string of the molecule is C[C@@H]1CN[C@]2(C)[C@H]3CC45CC46C[C@H]4[C@@H](CCC7=CC(=O)CC[C@@]74C)[C@@H]6CC[C@@]35O[C@@H]2C1. The number of hydrogen-bond acceptors (Lipinski definition) is 3. The highest BCUT2D eigenvalue weighted by molar-refractivity contribution is 5.91. The molecule has 168 valence electrons. The highest BCUT2D eigenvalue weighted by Crippen LogP contribution is 2.93. The van der Waals surface area contributed by atoms with Crippen molar-refractivity contribution < 1.29 is 9.53 Å². The molecule has 0 aromatic heterocycles. The number of carbonyl (C=O) groups excluding carboxylic acids is 1. The Bertz CT molecular complexity index is 941. The van der Waals surface area contributed by atoms with Gasteiger partial charge in [-0.1, -0.05) is 19.4 Å². The average molecular weight is 422 g/mol. The Balaban J connectivity index is 1.16. The van der Waals surface area contributed by atoms with Crippen LogP contribution in [0.5, 0.6) is 0 Å². The zero-order chi connectivity index (χ0) is 21.0. The molecule has 0 aromatic rings. The first-order valence-corrected chi connectivity index (χ1v) is 13.4. The van der Waals surface area contributed by atoms with Crippen LogP contribution in [0, 0.1) is 45.8 Å². The van der Waals surface area contributed by atoms with Gasteiger partial charge in [-0.3, -0.25) is 4.79 Å². The van der Waals surface area contributed by atoms with E-state index in [2.05, 4.69) is 32.2 Å². The molecule has 2 aliphatic heterocycles. The van der Waals surface area contributed by atoms with Crippen LogP contribution in [0.2, 0.25) is 0 Å². The number of hydrogen-bond donors (Lipinski definition) is 1. The summed E-state index contributed by atoms with van der Waals surface area (Å²) in [6.45, 7) is 8.60. The molecule has 3 nitrogen and oxygen atoms in total. The molecule has 8 aliphatic rings. The number of rotatable bonds is 0. The molecule has 2 heterocycles. The van der Waals surface area contributed by atoms with Crippen molar-refractivity contribution >= 4 is 5.78 Å². The molecule has 8 rings (SSSR count). The van der Waals surface area contributed by atoms with Gasteiger partial charge in [0.2, 0.25) is 0 Å². The van der Waals surface area contributed by atoms with Crippen LogP contribution in [0.25, 0.3) is 0 Å². The van der Waals surface area contributed by atoms with Crippen molar-refractivity contribution in [3.63, 3.8) is 0 Å². The third-order valence-corrected chi connectivity index (χ3v) is 13.2. The quantitative estimate of drug-likeness (QED) is 0.595. The van der Waals surface area contributed by atoms with Gasteiger partial charge in [-0.2, -0.15) is 0 Å². The third-order valence-electron chi connectivity index (χ3n) is 13.2. The van der Waals surface area contributed by atoms with Crippen molar-refractivity contribution in [3.05, 3.63) is 11.6 Å². The van der Waals surface area contributed by atoms with Crippen LogP contribution in [0.1, 0.15) is 85.0 Å². The van der Waals surface area contributed by atoms with Gasteiger partial charge in [0.15, 0.2) is 5.78 Å². The molecule has 11 atom stereocenters. The van der Waals surface area contributed by atoms with Gasteiger partial charge in [-0.05, 0) is 112 Å². The summed E-state index contributed by atoms with van der Waals surface area (Å²) in [6, 6.07) is 0. The second kappa shape index (κ2) is 5.19. The number of fused-ring (bicyclic) bond motifs is 6. The van der Waals surface area contributed by atoms with Crippen molar-refractivity contribution in [1.82, 2.24) is 5.32 Å². The molecule has 0 radical (unpaired) electrons. The Kier molecular flexibility index (Phi) is 3.14. The molecule has 0 aromatic carbocycles. The summed E-state index contributed by atoms with van der Waals surface area (Å²) >= 11 is 0. The predicted molar refractivity (Wildman–Crippen MR) is 119 cm³/mol. The summed E-state index contributed by atoms with van der Waals surface area (Å²) in [7, 11) is 0. The topological polar surface area (TPSA) is 38.3 Å². The van der Waals surface area contributed by atoms with Crippen molar-refractivity contribution in [2.45, 2.75) is 102 Å². The Morgan fingerprint density at radius 1 is 1.10 bits per heavy atom. The van der Waals surface area contributed by atoms with E-state index in [1.165, 1.54) is 63.5 Å². The lowest BCUT2D eigenvalue weighted by Crippen LogP contribution is -2.68. The van der Waals surface area contributed by atoms with Crippen molar-refractivity contribution in [3.8, 4) is 0 Å². The molecule has 2 unspecified atom stereocenters. The fourth-order valence-electron chi connectivity index (χ4n) is 11.7. The lowest BCUT2D eigenvalue weighted by Gasteiger charge is -2.61. The minimum absolute atomic E-state index is 0.190. The zero-order valence-electron chi connectivity index (χ0n) is 19.6. The van der Waals surface area contributed by atoms with E-state index < -0.39 is 0 Å². The van der Waals surface area contributed by atoms with Gasteiger partial charge in [-0.15, -0.1) is 0 Å². The van der Waals surface area contributed by atoms with Crippen molar-refractivity contribution in [2.75, 3.05) is 6.54 Å². The van der Waals surface area contributed by atoms with Gasteiger partial charge in [0.1, 0.15) is 0 Å². The Morgan fingerprint density at radius 3 is 2.84 bits per heavy atom. The molecule has 2 saturated heterocycles. The molecule has 7 fully saturated rings. The van der Waals surface area contributed by atoms with Crippen LogP contribution >= 0.6 is 0 Å². The number of piperidine rings is 1. The maximum Gasteiger partial charge on any atom is 0.155 e. The van der Waals surface area contributed by atoms with Crippen LogP contribution in [0.15, 0.2) is 11.6 Å². The number of ether oxygens (including phenoxy) is 1. The maximum absolute atomic E-state index is 12.2. The predicted octanol–water partition coefficient (Wildman–Crippen LogP) is 5.04. The van der Waals surface area contributed by atoms with E-state index in [0.717, 1.165) is 42.4 Å². The molecule has 3 spiro atoms. The lowest BCUT2D eigenvalue weighted by atomic mass is 9.45. The van der Waals surface area contributed by atoms with E-state index in [4.69, 9.17) is 4.74 Å². The third kappa shape index (κ3) is 1.77. The zero-order valence-corrected chi connectivity index (χ0v) is 19.6. The summed E-state index contributed by atoms with van der Waals surface area (Å²) in [5.74, 6) is 4.52. The molecule has 31 heavy (non-hydrogen) atoms. The number of ketones is 1. The first kappa shape index (κ1) is 18.7. The molecule has 0 bridgehead atoms. The van der Waals surface area contributed by atoms with Crippen LogP contribution in [-0.2, 0) is 9.53 Å². The van der Waals surface area contributed by atoms with E-state index in [9.17, 15) is 4.79 Å². The maximum atomic E-state index is 12.2. The summed E-state index contributed by atoms with van der Waals surface area (Å²) < 4.78 is 7.26. The van der Waals surface area contributed by atoms with E-state index >= 15 is 0 Å². The fourth-order valence-corrected chi connectivity index (χ4v) is 11.7. The summed E-state index contributed by atoms with van der Waals surface area (Å²) in [5, 5.41) is 3.99. The van der Waals surface area contributed by atoms with Crippen molar-refractivity contribution in [2.24, 2.45) is 45.8 Å². The van der Waals surface area contributed by atoms with Gasteiger partial charge in [0, 0.05) is 23.3 Å². The second-order valence-corrected chi connectivity index (χ2v) is 13.9. The number of allylic oxidation sites excluding steroid dienone is 2. The first-order valence-electron chi connectivity index (χ1n) is 13.4. The monoisotopic (exact) mass is 421 g/mol. The van der Waals surface area contributed by atoms with Gasteiger partial charge in [0.25, 0.3) is 0 Å². The highest BCUT2D eigenvalue weighted by Gasteiger charge is 2.92. The average Bonchev–Trinajstić information content (AvgIpc) is 3.25. The normalized spacial score (nSPS) is 65.1.